The molecule has 0 aromatic rings. The maximum absolute atomic E-state index is 3.55. The second-order valence-electron chi connectivity index (χ2n) is 5.92. The lowest BCUT2D eigenvalue weighted by molar-refractivity contribution is 0.153. The molecule has 3 nitrogen and oxygen atoms in total. The highest BCUT2D eigenvalue weighted by molar-refractivity contribution is 4.84. The zero-order valence-electron chi connectivity index (χ0n) is 11.0. The minimum atomic E-state index is 0.400. The molecule has 1 fully saturated rings. The zero-order valence-corrected chi connectivity index (χ0v) is 11.0. The minimum Gasteiger partial charge on any atom is -0.315 e. The van der Waals surface area contributed by atoms with Crippen molar-refractivity contribution in [2.75, 3.05) is 46.8 Å². The summed E-state index contributed by atoms with van der Waals surface area (Å²) in [6.45, 7) is 12.8. The minimum absolute atomic E-state index is 0.400. The molecular weight excluding hydrogens is 186 g/mol. The fraction of sp³-hybridized carbons (Fsp3) is 1.00. The second-order valence-corrected chi connectivity index (χ2v) is 5.92. The maximum Gasteiger partial charge on any atom is 0.0193 e. The Balaban J connectivity index is 2.50. The van der Waals surface area contributed by atoms with Gasteiger partial charge in [0.15, 0.2) is 0 Å². The van der Waals surface area contributed by atoms with Gasteiger partial charge in [0.25, 0.3) is 0 Å². The average molecular weight is 213 g/mol. The third kappa shape index (κ3) is 4.49. The summed E-state index contributed by atoms with van der Waals surface area (Å²) in [7, 11) is 4.29. The van der Waals surface area contributed by atoms with Gasteiger partial charge >= 0.3 is 0 Å². The van der Waals surface area contributed by atoms with Crippen LogP contribution in [0.15, 0.2) is 0 Å². The molecule has 0 aromatic carbocycles. The van der Waals surface area contributed by atoms with Crippen molar-refractivity contribution in [3.05, 3.63) is 0 Å². The van der Waals surface area contributed by atoms with Crippen molar-refractivity contribution in [3.8, 4) is 0 Å². The van der Waals surface area contributed by atoms with Gasteiger partial charge in [0, 0.05) is 38.8 Å². The van der Waals surface area contributed by atoms with Gasteiger partial charge in [-0.3, -0.25) is 4.90 Å². The van der Waals surface area contributed by atoms with Gasteiger partial charge in [0.05, 0.1) is 0 Å². The highest BCUT2D eigenvalue weighted by Gasteiger charge is 2.27. The normalized spacial score (nSPS) is 28.0. The molecule has 1 aliphatic rings. The van der Waals surface area contributed by atoms with Crippen LogP contribution in [-0.4, -0.2) is 62.7 Å². The first kappa shape index (κ1) is 12.9. The predicted molar refractivity (Wildman–Crippen MR) is 66.2 cm³/mol. The Morgan fingerprint density at radius 2 is 2.07 bits per heavy atom. The fourth-order valence-corrected chi connectivity index (χ4v) is 2.14. The number of rotatable bonds is 3. The Labute approximate surface area is 94.8 Å². The number of likely N-dealkylation sites (N-methyl/N-ethyl adjacent to an activating group) is 1. The molecular formula is C12H27N3. The van der Waals surface area contributed by atoms with E-state index in [1.807, 2.05) is 0 Å². The molecule has 1 unspecified atom stereocenters. The van der Waals surface area contributed by atoms with Crippen molar-refractivity contribution in [1.82, 2.24) is 15.1 Å². The highest BCUT2D eigenvalue weighted by atomic mass is 15.2. The lowest BCUT2D eigenvalue weighted by Crippen LogP contribution is -2.43. The van der Waals surface area contributed by atoms with Crippen LogP contribution < -0.4 is 5.32 Å². The van der Waals surface area contributed by atoms with E-state index in [1.54, 1.807) is 0 Å². The van der Waals surface area contributed by atoms with Crippen molar-refractivity contribution < 1.29 is 0 Å². The van der Waals surface area contributed by atoms with Crippen molar-refractivity contribution in [3.63, 3.8) is 0 Å². The Morgan fingerprint density at radius 3 is 2.67 bits per heavy atom. The summed E-state index contributed by atoms with van der Waals surface area (Å²) >= 11 is 0. The van der Waals surface area contributed by atoms with E-state index in [0.29, 0.717) is 11.5 Å². The molecule has 90 valence electrons. The molecule has 0 aromatic heterocycles. The van der Waals surface area contributed by atoms with E-state index >= 15 is 0 Å². The molecule has 1 rings (SSSR count). The number of nitrogens with one attached hydrogen (secondary N) is 1. The second kappa shape index (κ2) is 5.28. The van der Waals surface area contributed by atoms with Gasteiger partial charge in [0.1, 0.15) is 0 Å². The monoisotopic (exact) mass is 213 g/mol. The molecule has 0 radical (unpaired) electrons. The molecule has 1 aliphatic heterocycles. The Morgan fingerprint density at radius 1 is 1.40 bits per heavy atom. The highest BCUT2D eigenvalue weighted by Crippen LogP contribution is 2.19. The van der Waals surface area contributed by atoms with Crippen molar-refractivity contribution in [1.29, 1.82) is 0 Å². The van der Waals surface area contributed by atoms with Gasteiger partial charge in [-0.15, -0.1) is 0 Å². The van der Waals surface area contributed by atoms with Gasteiger partial charge < -0.3 is 10.2 Å². The van der Waals surface area contributed by atoms with Crippen molar-refractivity contribution >= 4 is 0 Å². The van der Waals surface area contributed by atoms with Crippen LogP contribution in [0.4, 0.5) is 0 Å². The third-order valence-corrected chi connectivity index (χ3v) is 3.13. The Kier molecular flexibility index (Phi) is 4.56. The van der Waals surface area contributed by atoms with E-state index in [-0.39, 0.29) is 0 Å². The number of hydrogen-bond donors (Lipinski definition) is 1. The summed E-state index contributed by atoms with van der Waals surface area (Å²) < 4.78 is 0. The molecule has 0 amide bonds. The average Bonchev–Trinajstić information content (AvgIpc) is 2.22. The molecule has 0 aliphatic carbocycles. The van der Waals surface area contributed by atoms with Crippen molar-refractivity contribution in [2.24, 2.45) is 5.41 Å². The topological polar surface area (TPSA) is 18.5 Å². The molecule has 15 heavy (non-hydrogen) atoms. The molecule has 0 bridgehead atoms. The van der Waals surface area contributed by atoms with E-state index in [0.717, 1.165) is 19.6 Å². The van der Waals surface area contributed by atoms with Crippen LogP contribution in [-0.2, 0) is 0 Å². The molecule has 1 heterocycles. The molecule has 1 atom stereocenters. The van der Waals surface area contributed by atoms with Crippen LogP contribution in [0.2, 0.25) is 0 Å². The molecule has 0 saturated carbocycles. The number of hydrogen-bond acceptors (Lipinski definition) is 3. The van der Waals surface area contributed by atoms with Crippen LogP contribution in [0, 0.1) is 5.41 Å². The molecule has 1 saturated heterocycles. The van der Waals surface area contributed by atoms with Crippen molar-refractivity contribution in [2.45, 2.75) is 26.8 Å². The van der Waals surface area contributed by atoms with Gasteiger partial charge in [-0.1, -0.05) is 13.8 Å². The largest absolute Gasteiger partial charge is 0.315 e. The smallest absolute Gasteiger partial charge is 0.0193 e. The molecule has 1 N–H and O–H groups in total. The van der Waals surface area contributed by atoms with Crippen LogP contribution in [0.5, 0.6) is 0 Å². The maximum atomic E-state index is 3.55. The lowest BCUT2D eigenvalue weighted by Gasteiger charge is -2.33. The summed E-state index contributed by atoms with van der Waals surface area (Å²) in [4.78, 5) is 4.87. The van der Waals surface area contributed by atoms with Gasteiger partial charge in [-0.2, -0.15) is 0 Å². The van der Waals surface area contributed by atoms with Crippen LogP contribution in [0.1, 0.15) is 20.8 Å². The summed E-state index contributed by atoms with van der Waals surface area (Å²) in [6, 6.07) is 0.659. The van der Waals surface area contributed by atoms with Crippen LogP contribution >= 0.6 is 0 Å². The van der Waals surface area contributed by atoms with Gasteiger partial charge in [-0.25, -0.2) is 0 Å². The quantitative estimate of drug-likeness (QED) is 0.750. The molecule has 3 heteroatoms. The van der Waals surface area contributed by atoms with Crippen LogP contribution in [0.3, 0.4) is 0 Å². The fourth-order valence-electron chi connectivity index (χ4n) is 2.14. The summed E-state index contributed by atoms with van der Waals surface area (Å²) in [6.07, 6.45) is 0. The standard InChI is InChI=1S/C12H27N3/c1-11-8-13-9-12(2,3)10-15(11)7-6-14(4)5/h11,13H,6-10H2,1-5H3. The lowest BCUT2D eigenvalue weighted by atomic mass is 9.93. The summed E-state index contributed by atoms with van der Waals surface area (Å²) in [5.74, 6) is 0. The Hall–Kier alpha value is -0.120. The van der Waals surface area contributed by atoms with E-state index < -0.39 is 0 Å². The van der Waals surface area contributed by atoms with Gasteiger partial charge in [0.2, 0.25) is 0 Å². The van der Waals surface area contributed by atoms with Crippen LogP contribution in [0.25, 0.3) is 0 Å². The van der Waals surface area contributed by atoms with E-state index in [2.05, 4.69) is 50.0 Å². The summed E-state index contributed by atoms with van der Waals surface area (Å²) in [5, 5.41) is 3.55. The SMILES string of the molecule is CC1CNCC(C)(C)CN1CCN(C)C. The van der Waals surface area contributed by atoms with E-state index in [1.165, 1.54) is 13.1 Å². The predicted octanol–water partition coefficient (Wildman–Crippen LogP) is 0.868. The first-order chi connectivity index (χ1) is 6.91. The molecule has 0 spiro atoms. The Bertz CT molecular complexity index is 189. The van der Waals surface area contributed by atoms with E-state index in [9.17, 15) is 0 Å². The van der Waals surface area contributed by atoms with E-state index in [4.69, 9.17) is 0 Å². The summed E-state index contributed by atoms with van der Waals surface area (Å²) in [5.41, 5.74) is 0.400. The first-order valence-corrected chi connectivity index (χ1v) is 6.00. The number of nitrogens with zero attached hydrogens (tertiary/aromatic N) is 2. The van der Waals surface area contributed by atoms with Gasteiger partial charge in [-0.05, 0) is 26.4 Å². The zero-order chi connectivity index (χ0) is 11.5. The third-order valence-electron chi connectivity index (χ3n) is 3.13. The first-order valence-electron chi connectivity index (χ1n) is 6.00.